The van der Waals surface area contributed by atoms with E-state index in [4.69, 9.17) is 20.9 Å². The maximum absolute atomic E-state index is 14.6. The summed E-state index contributed by atoms with van der Waals surface area (Å²) in [6.07, 6.45) is 3.92. The maximum Gasteiger partial charge on any atom is 0.400 e. The van der Waals surface area contributed by atoms with E-state index in [2.05, 4.69) is 0 Å². The molecule has 0 bridgehead atoms. The SMILES string of the molecule is Nc1ccc(CCCCCCCCCCOC(=O)/C=C/c2ccc(OC(F)(F)C3CCC(CC(F)(F)F)CC3)cc2)c(N)c1. The summed E-state index contributed by atoms with van der Waals surface area (Å²) in [5, 5.41) is 0. The van der Waals surface area contributed by atoms with Gasteiger partial charge in [0.1, 0.15) is 5.75 Å². The first-order valence-corrected chi connectivity index (χ1v) is 15.6. The van der Waals surface area contributed by atoms with Crippen molar-refractivity contribution in [1.29, 1.82) is 0 Å². The van der Waals surface area contributed by atoms with Crippen LogP contribution in [0.5, 0.6) is 5.75 Å². The molecule has 0 heterocycles. The number of hydrogen-bond acceptors (Lipinski definition) is 5. The van der Waals surface area contributed by atoms with E-state index in [1.807, 2.05) is 12.1 Å². The van der Waals surface area contributed by atoms with E-state index in [1.165, 1.54) is 37.1 Å². The maximum atomic E-state index is 14.6. The largest absolute Gasteiger partial charge is 0.463 e. The minimum absolute atomic E-state index is 0.0140. The highest BCUT2D eigenvalue weighted by molar-refractivity contribution is 5.87. The lowest BCUT2D eigenvalue weighted by molar-refractivity contribution is -0.225. The molecule has 0 aliphatic heterocycles. The summed E-state index contributed by atoms with van der Waals surface area (Å²) in [5.74, 6) is -2.26. The van der Waals surface area contributed by atoms with Gasteiger partial charge in [-0.25, -0.2) is 4.79 Å². The number of halogens is 5. The average Bonchev–Trinajstić information content (AvgIpc) is 2.96. The molecule has 0 radical (unpaired) electrons. The molecule has 3 rings (SSSR count). The highest BCUT2D eigenvalue weighted by Gasteiger charge is 2.45. The number of unbranched alkanes of at least 4 members (excludes halogenated alkanes) is 7. The van der Waals surface area contributed by atoms with E-state index in [9.17, 15) is 26.7 Å². The zero-order valence-corrected chi connectivity index (χ0v) is 25.2. The summed E-state index contributed by atoms with van der Waals surface area (Å²) in [5.41, 5.74) is 14.9. The minimum Gasteiger partial charge on any atom is -0.463 e. The van der Waals surface area contributed by atoms with E-state index in [1.54, 1.807) is 18.2 Å². The third kappa shape index (κ3) is 13.1. The van der Waals surface area contributed by atoms with Gasteiger partial charge in [0.25, 0.3) is 0 Å². The number of alkyl halides is 5. The van der Waals surface area contributed by atoms with Crippen LogP contribution in [-0.2, 0) is 16.0 Å². The van der Waals surface area contributed by atoms with Crippen molar-refractivity contribution in [3.05, 3.63) is 59.7 Å². The van der Waals surface area contributed by atoms with Crippen LogP contribution in [0, 0.1) is 11.8 Å². The van der Waals surface area contributed by atoms with Crippen molar-refractivity contribution in [1.82, 2.24) is 0 Å². The van der Waals surface area contributed by atoms with Gasteiger partial charge in [0.2, 0.25) is 0 Å². The third-order valence-electron chi connectivity index (χ3n) is 8.14. The van der Waals surface area contributed by atoms with Crippen LogP contribution in [0.3, 0.4) is 0 Å². The average molecular weight is 625 g/mol. The van der Waals surface area contributed by atoms with Crippen molar-refractivity contribution in [3.8, 4) is 5.75 Å². The second kappa shape index (κ2) is 17.3. The van der Waals surface area contributed by atoms with Crippen molar-refractivity contribution in [3.63, 3.8) is 0 Å². The molecule has 1 fully saturated rings. The third-order valence-corrected chi connectivity index (χ3v) is 8.14. The lowest BCUT2D eigenvalue weighted by Gasteiger charge is -2.33. The molecule has 0 saturated heterocycles. The Morgan fingerprint density at radius 2 is 1.43 bits per heavy atom. The second-order valence-corrected chi connectivity index (χ2v) is 11.8. The Hall–Kier alpha value is -3.30. The number of aryl methyl sites for hydroxylation is 1. The second-order valence-electron chi connectivity index (χ2n) is 11.8. The van der Waals surface area contributed by atoms with E-state index in [-0.39, 0.29) is 31.4 Å². The quantitative estimate of drug-likeness (QED) is 0.0602. The monoisotopic (exact) mass is 624 g/mol. The van der Waals surface area contributed by atoms with E-state index in [0.717, 1.165) is 56.2 Å². The van der Waals surface area contributed by atoms with Crippen molar-refractivity contribution >= 4 is 23.4 Å². The van der Waals surface area contributed by atoms with Gasteiger partial charge in [0.05, 0.1) is 12.5 Å². The zero-order chi connectivity index (χ0) is 32.0. The number of nitrogens with two attached hydrogens (primary N) is 2. The minimum atomic E-state index is -4.28. The highest BCUT2D eigenvalue weighted by Crippen LogP contribution is 2.42. The van der Waals surface area contributed by atoms with Crippen LogP contribution in [0.1, 0.15) is 94.6 Å². The summed E-state index contributed by atoms with van der Waals surface area (Å²) in [7, 11) is 0. The highest BCUT2D eigenvalue weighted by atomic mass is 19.4. The Morgan fingerprint density at radius 3 is 2.05 bits per heavy atom. The number of carbonyl (C=O) groups is 1. The van der Waals surface area contributed by atoms with Crippen molar-refractivity contribution < 1.29 is 36.2 Å². The van der Waals surface area contributed by atoms with Crippen molar-refractivity contribution in [2.24, 2.45) is 11.8 Å². The van der Waals surface area contributed by atoms with Crippen LogP contribution in [0.25, 0.3) is 6.08 Å². The standard InChI is InChI=1S/C34H45F5N2O3/c35-33(36,37)24-26-10-16-28(17-11-26)34(38,39)44-30-19-12-25(13-20-30)14-21-32(42)43-22-8-6-4-2-1-3-5-7-9-27-15-18-29(40)23-31(27)41/h12-15,18-21,23,26,28H,1-11,16-17,22,24,40-41H2/b21-14+. The van der Waals surface area contributed by atoms with Gasteiger partial charge < -0.3 is 20.9 Å². The smallest absolute Gasteiger partial charge is 0.400 e. The molecule has 0 unspecified atom stereocenters. The molecule has 10 heteroatoms. The fourth-order valence-corrected chi connectivity index (χ4v) is 5.62. The molecule has 1 aliphatic rings. The van der Waals surface area contributed by atoms with Crippen LogP contribution in [0.15, 0.2) is 48.5 Å². The number of nitrogen functional groups attached to an aromatic ring is 2. The lowest BCUT2D eigenvalue weighted by atomic mass is 9.80. The van der Waals surface area contributed by atoms with Crippen LogP contribution >= 0.6 is 0 Å². The van der Waals surface area contributed by atoms with Crippen LogP contribution in [-0.4, -0.2) is 24.9 Å². The van der Waals surface area contributed by atoms with Gasteiger partial charge in [0, 0.05) is 23.9 Å². The Bertz CT molecular complexity index is 1180. The summed E-state index contributed by atoms with van der Waals surface area (Å²) in [4.78, 5) is 12.0. The first-order valence-electron chi connectivity index (χ1n) is 15.6. The Balaban J connectivity index is 1.22. The van der Waals surface area contributed by atoms with Gasteiger partial charge in [-0.1, -0.05) is 56.7 Å². The van der Waals surface area contributed by atoms with E-state index in [0.29, 0.717) is 17.9 Å². The van der Waals surface area contributed by atoms with E-state index >= 15 is 0 Å². The molecule has 5 nitrogen and oxygen atoms in total. The number of esters is 1. The molecule has 2 aromatic rings. The van der Waals surface area contributed by atoms with Crippen LogP contribution < -0.4 is 16.2 Å². The molecular formula is C34H45F5N2O3. The Labute approximate surface area is 257 Å². The fraction of sp³-hybridized carbons (Fsp3) is 0.559. The molecule has 2 aromatic carbocycles. The predicted octanol–water partition coefficient (Wildman–Crippen LogP) is 9.50. The molecule has 4 N–H and O–H groups in total. The van der Waals surface area contributed by atoms with Gasteiger partial charge >= 0.3 is 18.3 Å². The van der Waals surface area contributed by atoms with Gasteiger partial charge in [-0.2, -0.15) is 22.0 Å². The number of anilines is 2. The predicted molar refractivity (Wildman–Crippen MR) is 164 cm³/mol. The molecule has 1 aliphatic carbocycles. The normalized spacial score (nSPS) is 17.6. The molecule has 1 saturated carbocycles. The molecule has 44 heavy (non-hydrogen) atoms. The molecule has 0 atom stereocenters. The summed E-state index contributed by atoms with van der Waals surface area (Å²) < 4.78 is 77.2. The molecule has 0 aromatic heterocycles. The Morgan fingerprint density at radius 1 is 0.818 bits per heavy atom. The first kappa shape index (κ1) is 35.2. The van der Waals surface area contributed by atoms with Gasteiger partial charge in [0.15, 0.2) is 0 Å². The topological polar surface area (TPSA) is 87.6 Å². The summed E-state index contributed by atoms with van der Waals surface area (Å²) in [6, 6.07) is 11.5. The van der Waals surface area contributed by atoms with Crippen molar-refractivity contribution in [2.45, 2.75) is 102 Å². The molecular weight excluding hydrogens is 579 g/mol. The number of benzene rings is 2. The van der Waals surface area contributed by atoms with Crippen molar-refractivity contribution in [2.75, 3.05) is 18.1 Å². The Kier molecular flexibility index (Phi) is 13.8. The van der Waals surface area contributed by atoms with Gasteiger partial charge in [-0.15, -0.1) is 0 Å². The number of hydrogen-bond donors (Lipinski definition) is 2. The van der Waals surface area contributed by atoms with E-state index < -0.39 is 36.5 Å². The number of carbonyl (C=O) groups excluding carboxylic acids is 1. The van der Waals surface area contributed by atoms with Gasteiger partial charge in [-0.05, 0) is 92.3 Å². The number of ether oxygens (including phenoxy) is 2. The van der Waals surface area contributed by atoms with Crippen LogP contribution in [0.4, 0.5) is 33.3 Å². The lowest BCUT2D eigenvalue weighted by Crippen LogP contribution is -2.37. The number of rotatable bonds is 17. The van der Waals surface area contributed by atoms with Crippen LogP contribution in [0.2, 0.25) is 0 Å². The molecule has 244 valence electrons. The molecule has 0 spiro atoms. The fourth-order valence-electron chi connectivity index (χ4n) is 5.62. The zero-order valence-electron chi connectivity index (χ0n) is 25.2. The summed E-state index contributed by atoms with van der Waals surface area (Å²) in [6.45, 7) is 0.339. The molecule has 0 amide bonds. The van der Waals surface area contributed by atoms with Gasteiger partial charge in [-0.3, -0.25) is 0 Å². The summed E-state index contributed by atoms with van der Waals surface area (Å²) >= 11 is 0. The first-order chi connectivity index (χ1) is 20.9.